The van der Waals surface area contributed by atoms with E-state index in [-0.39, 0.29) is 30.8 Å². The van der Waals surface area contributed by atoms with Gasteiger partial charge in [0.2, 0.25) is 0 Å². The zero-order valence-electron chi connectivity index (χ0n) is 15.3. The predicted molar refractivity (Wildman–Crippen MR) is 113 cm³/mol. The van der Waals surface area contributed by atoms with E-state index in [1.54, 1.807) is 16.7 Å². The van der Waals surface area contributed by atoms with E-state index in [9.17, 15) is 14.4 Å². The standard InChI is InChI=1S/C18H16N4O4S3/c1-26-10-5-15(23)22(7-10)18(25)12-9-28-14(20-12)6-19-16(24)11-8-29-17(21-11)13-3-2-4-27-13/h2-5,8,12H,6-7,9H2,1H3,(H,19,24)/t12-/m1/s1. The second-order valence-electron chi connectivity index (χ2n) is 6.12. The average molecular weight is 449 g/mol. The maximum absolute atomic E-state index is 12.5. The molecule has 3 amide bonds. The van der Waals surface area contributed by atoms with Crippen molar-refractivity contribution in [2.75, 3.05) is 26.0 Å². The van der Waals surface area contributed by atoms with Crippen LogP contribution in [0.1, 0.15) is 10.5 Å². The Morgan fingerprint density at radius 2 is 2.24 bits per heavy atom. The normalized spacial score (nSPS) is 18.6. The van der Waals surface area contributed by atoms with Crippen molar-refractivity contribution in [3.63, 3.8) is 0 Å². The van der Waals surface area contributed by atoms with Crippen LogP contribution in [0.25, 0.3) is 9.88 Å². The van der Waals surface area contributed by atoms with Gasteiger partial charge in [-0.05, 0) is 11.4 Å². The van der Waals surface area contributed by atoms with Gasteiger partial charge in [-0.25, -0.2) is 4.98 Å². The van der Waals surface area contributed by atoms with Crippen molar-refractivity contribution in [1.82, 2.24) is 15.2 Å². The molecule has 29 heavy (non-hydrogen) atoms. The fraction of sp³-hybridized carbons (Fsp3) is 0.278. The Kier molecular flexibility index (Phi) is 5.79. The van der Waals surface area contributed by atoms with E-state index >= 15 is 0 Å². The number of hydrogen-bond donors (Lipinski definition) is 1. The number of thiophene rings is 1. The van der Waals surface area contributed by atoms with Crippen LogP contribution in [0, 0.1) is 0 Å². The Labute approximate surface area is 178 Å². The minimum atomic E-state index is -0.634. The van der Waals surface area contributed by atoms with Gasteiger partial charge < -0.3 is 10.1 Å². The van der Waals surface area contributed by atoms with Crippen LogP contribution in [0.4, 0.5) is 0 Å². The summed E-state index contributed by atoms with van der Waals surface area (Å²) in [4.78, 5) is 47.7. The van der Waals surface area contributed by atoms with Gasteiger partial charge in [-0.2, -0.15) is 0 Å². The molecule has 2 aliphatic rings. The third kappa shape index (κ3) is 4.26. The summed E-state index contributed by atoms with van der Waals surface area (Å²) >= 11 is 4.39. The Morgan fingerprint density at radius 1 is 1.38 bits per heavy atom. The van der Waals surface area contributed by atoms with E-state index in [1.165, 1.54) is 36.3 Å². The lowest BCUT2D eigenvalue weighted by Gasteiger charge is -2.16. The van der Waals surface area contributed by atoms with Crippen molar-refractivity contribution in [2.24, 2.45) is 4.99 Å². The number of thioether (sulfide) groups is 1. The smallest absolute Gasteiger partial charge is 0.271 e. The molecule has 4 rings (SSSR count). The molecule has 0 aliphatic carbocycles. The van der Waals surface area contributed by atoms with Gasteiger partial charge in [-0.3, -0.25) is 24.3 Å². The zero-order chi connectivity index (χ0) is 20.4. The summed E-state index contributed by atoms with van der Waals surface area (Å²) in [5.74, 6) is -0.137. The molecule has 11 heteroatoms. The summed E-state index contributed by atoms with van der Waals surface area (Å²) in [6.07, 6.45) is 1.31. The first-order valence-corrected chi connectivity index (χ1v) is 11.4. The van der Waals surface area contributed by atoms with Crippen LogP contribution < -0.4 is 5.32 Å². The molecule has 8 nitrogen and oxygen atoms in total. The highest BCUT2D eigenvalue weighted by Crippen LogP contribution is 2.28. The highest BCUT2D eigenvalue weighted by Gasteiger charge is 2.35. The number of nitrogens with zero attached hydrogens (tertiary/aromatic N) is 3. The second-order valence-corrected chi connectivity index (χ2v) is 9.02. The fourth-order valence-corrected chi connectivity index (χ4v) is 5.33. The van der Waals surface area contributed by atoms with E-state index in [0.29, 0.717) is 22.2 Å². The number of aromatic nitrogens is 1. The lowest BCUT2D eigenvalue weighted by molar-refractivity contribution is -0.141. The van der Waals surface area contributed by atoms with Crippen molar-refractivity contribution < 1.29 is 19.1 Å². The largest absolute Gasteiger partial charge is 0.499 e. The van der Waals surface area contributed by atoms with Crippen molar-refractivity contribution in [3.8, 4) is 9.88 Å². The second kappa shape index (κ2) is 8.47. The Balaban J connectivity index is 1.32. The number of carbonyl (C=O) groups excluding carboxylic acids is 3. The number of ether oxygens (including phenoxy) is 1. The summed E-state index contributed by atoms with van der Waals surface area (Å²) in [6, 6.07) is 3.27. The molecule has 0 spiro atoms. The van der Waals surface area contributed by atoms with E-state index in [4.69, 9.17) is 4.74 Å². The number of aliphatic imine (C=N–C) groups is 1. The maximum Gasteiger partial charge on any atom is 0.271 e. The van der Waals surface area contributed by atoms with Crippen molar-refractivity contribution >= 4 is 57.2 Å². The maximum atomic E-state index is 12.5. The summed E-state index contributed by atoms with van der Waals surface area (Å²) in [5.41, 5.74) is 0.357. The Hall–Kier alpha value is -2.50. The number of imide groups is 1. The van der Waals surface area contributed by atoms with Crippen LogP contribution in [0.5, 0.6) is 0 Å². The molecule has 2 aliphatic heterocycles. The van der Waals surface area contributed by atoms with Crippen LogP contribution in [-0.4, -0.2) is 64.6 Å². The third-order valence-corrected chi connectivity index (χ3v) is 7.20. The number of rotatable bonds is 6. The molecule has 0 bridgehead atoms. The van der Waals surface area contributed by atoms with E-state index in [0.717, 1.165) is 14.8 Å². The summed E-state index contributed by atoms with van der Waals surface area (Å²) < 4.78 is 5.03. The Bertz CT molecular complexity index is 1010. The minimum absolute atomic E-state index is 0.132. The lowest BCUT2D eigenvalue weighted by Crippen LogP contribution is -2.40. The van der Waals surface area contributed by atoms with Gasteiger partial charge in [0.05, 0.1) is 30.1 Å². The summed E-state index contributed by atoms with van der Waals surface area (Å²) in [5, 5.41) is 7.93. The summed E-state index contributed by atoms with van der Waals surface area (Å²) in [6.45, 7) is 0.349. The van der Waals surface area contributed by atoms with Gasteiger partial charge in [0.1, 0.15) is 22.5 Å². The highest BCUT2D eigenvalue weighted by molar-refractivity contribution is 8.14. The Morgan fingerprint density at radius 3 is 2.97 bits per heavy atom. The average Bonchev–Trinajstić information content (AvgIpc) is 3.51. The first-order valence-electron chi connectivity index (χ1n) is 8.62. The van der Waals surface area contributed by atoms with Gasteiger partial charge in [0.25, 0.3) is 17.7 Å². The molecule has 1 N–H and O–H groups in total. The first kappa shape index (κ1) is 19.8. The molecular weight excluding hydrogens is 432 g/mol. The van der Waals surface area contributed by atoms with Crippen LogP contribution in [0.15, 0.2) is 39.7 Å². The molecule has 0 aromatic carbocycles. The molecular formula is C18H16N4O4S3. The van der Waals surface area contributed by atoms with Gasteiger partial charge in [-0.15, -0.1) is 34.4 Å². The van der Waals surface area contributed by atoms with E-state index in [2.05, 4.69) is 15.3 Å². The monoisotopic (exact) mass is 448 g/mol. The number of thiazole rings is 1. The van der Waals surface area contributed by atoms with Crippen LogP contribution in [0.3, 0.4) is 0 Å². The quantitative estimate of drug-likeness (QED) is 0.679. The lowest BCUT2D eigenvalue weighted by atomic mass is 10.3. The van der Waals surface area contributed by atoms with Gasteiger partial charge in [0, 0.05) is 17.2 Å². The number of hydrogen-bond acceptors (Lipinski definition) is 9. The molecule has 4 heterocycles. The van der Waals surface area contributed by atoms with Crippen LogP contribution in [-0.2, 0) is 14.3 Å². The SMILES string of the molecule is COC1=CC(=O)N(C(=O)[C@H]2CSC(CNC(=O)c3csc(-c4cccs4)n3)=N2)C1. The fourth-order valence-electron chi connectivity index (χ4n) is 2.77. The summed E-state index contributed by atoms with van der Waals surface area (Å²) in [7, 11) is 1.46. The number of carbonyl (C=O) groups is 3. The molecule has 0 saturated heterocycles. The molecule has 2 aromatic heterocycles. The van der Waals surface area contributed by atoms with Gasteiger partial charge >= 0.3 is 0 Å². The van der Waals surface area contributed by atoms with Crippen LogP contribution >= 0.6 is 34.4 Å². The van der Waals surface area contributed by atoms with Gasteiger partial charge in [0.15, 0.2) is 0 Å². The van der Waals surface area contributed by atoms with E-state index in [1.807, 2.05) is 17.5 Å². The highest BCUT2D eigenvalue weighted by atomic mass is 32.2. The van der Waals surface area contributed by atoms with Crippen LogP contribution in [0.2, 0.25) is 0 Å². The van der Waals surface area contributed by atoms with E-state index < -0.39 is 6.04 Å². The van der Waals surface area contributed by atoms with Crippen molar-refractivity contribution in [3.05, 3.63) is 40.4 Å². The molecule has 1 atom stereocenters. The molecule has 2 aromatic rings. The van der Waals surface area contributed by atoms with Gasteiger partial charge in [-0.1, -0.05) is 6.07 Å². The number of methoxy groups -OCH3 is 1. The minimum Gasteiger partial charge on any atom is -0.499 e. The molecule has 0 radical (unpaired) electrons. The van der Waals surface area contributed by atoms with Crippen molar-refractivity contribution in [2.45, 2.75) is 6.04 Å². The predicted octanol–water partition coefficient (Wildman–Crippen LogP) is 2.01. The van der Waals surface area contributed by atoms with Crippen molar-refractivity contribution in [1.29, 1.82) is 0 Å². The topological polar surface area (TPSA) is 101 Å². The molecule has 150 valence electrons. The number of nitrogens with one attached hydrogen (secondary N) is 1. The molecule has 0 unspecified atom stereocenters. The first-order chi connectivity index (χ1) is 14.0. The molecule has 0 fully saturated rings. The zero-order valence-corrected chi connectivity index (χ0v) is 17.7. The number of amides is 3. The molecule has 0 saturated carbocycles. The third-order valence-electron chi connectivity index (χ3n) is 4.25.